The van der Waals surface area contributed by atoms with Crippen molar-refractivity contribution in [3.05, 3.63) is 30.1 Å². The number of aliphatic hydroxyl groups excluding tert-OH is 1. The van der Waals surface area contributed by atoms with Crippen molar-refractivity contribution in [2.75, 3.05) is 6.54 Å². The lowest BCUT2D eigenvalue weighted by Gasteiger charge is -2.22. The van der Waals surface area contributed by atoms with Gasteiger partial charge in [0.05, 0.1) is 17.1 Å². The molecule has 0 saturated heterocycles. The first kappa shape index (κ1) is 16.6. The Hall–Kier alpha value is -1.88. The van der Waals surface area contributed by atoms with E-state index in [1.165, 1.54) is 19.3 Å². The molecule has 1 amide bonds. The van der Waals surface area contributed by atoms with Crippen LogP contribution in [0.15, 0.2) is 24.3 Å². The maximum atomic E-state index is 12.5. The van der Waals surface area contributed by atoms with Gasteiger partial charge in [-0.05, 0) is 43.7 Å². The highest BCUT2D eigenvalue weighted by atomic mass is 16.3. The van der Waals surface area contributed by atoms with Crippen molar-refractivity contribution in [1.29, 1.82) is 0 Å². The molecule has 5 nitrogen and oxygen atoms in total. The predicted molar refractivity (Wildman–Crippen MR) is 97.3 cm³/mol. The van der Waals surface area contributed by atoms with E-state index in [-0.39, 0.29) is 12.5 Å². The number of hydrogen-bond acceptors (Lipinski definition) is 3. The van der Waals surface area contributed by atoms with Crippen LogP contribution in [0.5, 0.6) is 0 Å². The van der Waals surface area contributed by atoms with Crippen LogP contribution in [0.25, 0.3) is 11.0 Å². The topological polar surface area (TPSA) is 67.2 Å². The fourth-order valence-electron chi connectivity index (χ4n) is 4.00. The molecule has 2 fully saturated rings. The van der Waals surface area contributed by atoms with E-state index in [4.69, 9.17) is 4.98 Å². The summed E-state index contributed by atoms with van der Waals surface area (Å²) in [5.74, 6) is 1.84. The summed E-state index contributed by atoms with van der Waals surface area (Å²) >= 11 is 0. The number of nitrogens with zero attached hydrogens (tertiary/aromatic N) is 2. The number of amides is 1. The van der Waals surface area contributed by atoms with Gasteiger partial charge in [-0.3, -0.25) is 4.79 Å². The van der Waals surface area contributed by atoms with Gasteiger partial charge in [0.2, 0.25) is 5.91 Å². The minimum Gasteiger partial charge on any atom is -0.391 e. The molecule has 2 aliphatic rings. The van der Waals surface area contributed by atoms with Crippen LogP contribution in [-0.2, 0) is 11.3 Å². The molecular weight excluding hydrogens is 314 g/mol. The summed E-state index contributed by atoms with van der Waals surface area (Å²) in [7, 11) is 0. The van der Waals surface area contributed by atoms with Gasteiger partial charge in [0.25, 0.3) is 0 Å². The maximum absolute atomic E-state index is 12.5. The van der Waals surface area contributed by atoms with Crippen molar-refractivity contribution in [3.8, 4) is 0 Å². The fourth-order valence-corrected chi connectivity index (χ4v) is 4.00. The molecule has 1 heterocycles. The van der Waals surface area contributed by atoms with Crippen LogP contribution in [0.3, 0.4) is 0 Å². The molecule has 25 heavy (non-hydrogen) atoms. The molecule has 0 bridgehead atoms. The van der Waals surface area contributed by atoms with Crippen LogP contribution in [0.2, 0.25) is 0 Å². The molecule has 2 aromatic rings. The van der Waals surface area contributed by atoms with E-state index in [0.29, 0.717) is 18.4 Å². The molecular formula is C20H27N3O2. The number of fused-ring (bicyclic) bond motifs is 1. The Morgan fingerprint density at radius 3 is 2.72 bits per heavy atom. The summed E-state index contributed by atoms with van der Waals surface area (Å²) in [4.78, 5) is 17.3. The number of aliphatic hydroxyl groups is 1. The van der Waals surface area contributed by atoms with Crippen LogP contribution in [0.4, 0.5) is 0 Å². The number of hydrogen-bond donors (Lipinski definition) is 2. The third-order valence-corrected chi connectivity index (χ3v) is 5.63. The smallest absolute Gasteiger partial charge is 0.240 e. The molecule has 1 aromatic heterocycles. The lowest BCUT2D eigenvalue weighted by Crippen LogP contribution is -2.35. The largest absolute Gasteiger partial charge is 0.391 e. The summed E-state index contributed by atoms with van der Waals surface area (Å²) in [5.41, 5.74) is 2.00. The normalized spacial score (nSPS) is 19.9. The Morgan fingerprint density at radius 1 is 1.20 bits per heavy atom. The Labute approximate surface area is 148 Å². The SMILES string of the molecule is O=C(Cn1c(C2CCCCC2)nc2ccccc21)NCC(O)C1CC1. The van der Waals surface area contributed by atoms with Gasteiger partial charge in [0, 0.05) is 12.5 Å². The van der Waals surface area contributed by atoms with Crippen LogP contribution < -0.4 is 5.32 Å². The zero-order chi connectivity index (χ0) is 17.2. The summed E-state index contributed by atoms with van der Waals surface area (Å²) in [6, 6.07) is 8.06. The third-order valence-electron chi connectivity index (χ3n) is 5.63. The zero-order valence-electron chi connectivity index (χ0n) is 14.7. The molecule has 0 spiro atoms. The van der Waals surface area contributed by atoms with Gasteiger partial charge < -0.3 is 15.0 Å². The second-order valence-corrected chi connectivity index (χ2v) is 7.59. The number of carbonyl (C=O) groups excluding carboxylic acids is 1. The van der Waals surface area contributed by atoms with Crippen molar-refractivity contribution < 1.29 is 9.90 Å². The monoisotopic (exact) mass is 341 g/mol. The summed E-state index contributed by atoms with van der Waals surface area (Å²) in [6.07, 6.45) is 7.86. The maximum Gasteiger partial charge on any atom is 0.240 e. The van der Waals surface area contributed by atoms with Gasteiger partial charge >= 0.3 is 0 Å². The average Bonchev–Trinajstić information content (AvgIpc) is 3.44. The standard InChI is InChI=1S/C20H27N3O2/c24-18(14-10-11-14)12-21-19(25)13-23-17-9-5-4-8-16(17)22-20(23)15-6-2-1-3-7-15/h4-5,8-9,14-15,18,24H,1-3,6-7,10-13H2,(H,21,25). The van der Waals surface area contributed by atoms with Gasteiger partial charge in [-0.25, -0.2) is 4.98 Å². The second kappa shape index (κ2) is 7.16. The van der Waals surface area contributed by atoms with Crippen LogP contribution in [0.1, 0.15) is 56.7 Å². The number of carbonyl (C=O) groups is 1. The molecule has 2 N–H and O–H groups in total. The van der Waals surface area contributed by atoms with E-state index >= 15 is 0 Å². The highest BCUT2D eigenvalue weighted by Gasteiger charge is 2.30. The number of aromatic nitrogens is 2. The molecule has 134 valence electrons. The summed E-state index contributed by atoms with van der Waals surface area (Å²) < 4.78 is 2.09. The molecule has 2 saturated carbocycles. The van der Waals surface area contributed by atoms with E-state index in [1.807, 2.05) is 24.3 Å². The van der Waals surface area contributed by atoms with Crippen LogP contribution in [-0.4, -0.2) is 33.2 Å². The van der Waals surface area contributed by atoms with Crippen molar-refractivity contribution >= 4 is 16.9 Å². The third kappa shape index (κ3) is 3.71. The first-order valence-electron chi connectivity index (χ1n) is 9.62. The number of benzene rings is 1. The van der Waals surface area contributed by atoms with E-state index in [9.17, 15) is 9.90 Å². The van der Waals surface area contributed by atoms with E-state index in [2.05, 4.69) is 9.88 Å². The minimum atomic E-state index is -0.402. The molecule has 2 aliphatic carbocycles. The predicted octanol–water partition coefficient (Wildman–Crippen LogP) is 2.97. The highest BCUT2D eigenvalue weighted by molar-refractivity contribution is 5.81. The van der Waals surface area contributed by atoms with Gasteiger partial charge in [0.1, 0.15) is 12.4 Å². The molecule has 4 rings (SSSR count). The van der Waals surface area contributed by atoms with Crippen molar-refractivity contribution in [3.63, 3.8) is 0 Å². The first-order valence-corrected chi connectivity index (χ1v) is 9.62. The van der Waals surface area contributed by atoms with Gasteiger partial charge in [-0.2, -0.15) is 0 Å². The van der Waals surface area contributed by atoms with E-state index in [0.717, 1.165) is 42.5 Å². The lowest BCUT2D eigenvalue weighted by atomic mass is 9.88. The average molecular weight is 341 g/mol. The molecule has 1 atom stereocenters. The van der Waals surface area contributed by atoms with Crippen LogP contribution >= 0.6 is 0 Å². The van der Waals surface area contributed by atoms with Crippen molar-refractivity contribution in [2.45, 2.75) is 63.5 Å². The summed E-state index contributed by atoms with van der Waals surface area (Å²) in [5, 5.41) is 12.9. The Bertz CT molecular complexity index is 744. The highest BCUT2D eigenvalue weighted by Crippen LogP contribution is 2.34. The van der Waals surface area contributed by atoms with Gasteiger partial charge in [-0.15, -0.1) is 0 Å². The van der Waals surface area contributed by atoms with E-state index in [1.54, 1.807) is 0 Å². The Kier molecular flexibility index (Phi) is 4.75. The Balaban J connectivity index is 1.52. The molecule has 0 radical (unpaired) electrons. The van der Waals surface area contributed by atoms with E-state index < -0.39 is 6.10 Å². The minimum absolute atomic E-state index is 0.0417. The van der Waals surface area contributed by atoms with Crippen LogP contribution in [0, 0.1) is 5.92 Å². The molecule has 1 aromatic carbocycles. The molecule has 5 heteroatoms. The lowest BCUT2D eigenvalue weighted by molar-refractivity contribution is -0.122. The quantitative estimate of drug-likeness (QED) is 0.849. The Morgan fingerprint density at radius 2 is 1.96 bits per heavy atom. The van der Waals surface area contributed by atoms with Gasteiger partial charge in [-0.1, -0.05) is 31.4 Å². The summed E-state index contributed by atoms with van der Waals surface area (Å²) in [6.45, 7) is 0.638. The number of rotatable bonds is 6. The number of para-hydroxylation sites is 2. The number of imidazole rings is 1. The van der Waals surface area contributed by atoms with Crippen molar-refractivity contribution in [1.82, 2.24) is 14.9 Å². The van der Waals surface area contributed by atoms with Gasteiger partial charge in [0.15, 0.2) is 0 Å². The fraction of sp³-hybridized carbons (Fsp3) is 0.600. The molecule has 1 unspecified atom stereocenters. The second-order valence-electron chi connectivity index (χ2n) is 7.59. The number of nitrogens with one attached hydrogen (secondary N) is 1. The zero-order valence-corrected chi connectivity index (χ0v) is 14.7. The van der Waals surface area contributed by atoms with Crippen molar-refractivity contribution in [2.24, 2.45) is 5.92 Å². The molecule has 0 aliphatic heterocycles. The first-order chi connectivity index (χ1) is 12.2.